The molecule has 2 aromatic heterocycles. The fourth-order valence-electron chi connectivity index (χ4n) is 2.94. The molecule has 0 radical (unpaired) electrons. The van der Waals surface area contributed by atoms with Crippen LogP contribution in [0.15, 0.2) is 18.6 Å². The Hall–Kier alpha value is -2.44. The van der Waals surface area contributed by atoms with Crippen molar-refractivity contribution in [3.63, 3.8) is 0 Å². The van der Waals surface area contributed by atoms with E-state index in [1.807, 2.05) is 0 Å². The van der Waals surface area contributed by atoms with Gasteiger partial charge in [-0.3, -0.25) is 4.79 Å². The number of hydrogen-bond acceptors (Lipinski definition) is 4. The van der Waals surface area contributed by atoms with Gasteiger partial charge < -0.3 is 15.4 Å². The Morgan fingerprint density at radius 2 is 2.00 bits per heavy atom. The van der Waals surface area contributed by atoms with Crippen LogP contribution in [0.2, 0.25) is 0 Å². The Balaban J connectivity index is 1.72. The summed E-state index contributed by atoms with van der Waals surface area (Å²) in [5.74, 6) is -0.0689. The summed E-state index contributed by atoms with van der Waals surface area (Å²) in [6, 6.07) is 1.75. The van der Waals surface area contributed by atoms with E-state index < -0.39 is 6.09 Å². The zero-order chi connectivity index (χ0) is 14.8. The number of Topliss-reactive ketones (excluding diaryl/α,β-unsaturated/α-hetero) is 1. The van der Waals surface area contributed by atoms with Crippen molar-refractivity contribution in [3.05, 3.63) is 24.3 Å². The van der Waals surface area contributed by atoms with Crippen LogP contribution in [-0.4, -0.2) is 38.0 Å². The van der Waals surface area contributed by atoms with Crippen molar-refractivity contribution in [1.82, 2.24) is 20.3 Å². The van der Waals surface area contributed by atoms with Gasteiger partial charge >= 0.3 is 6.09 Å². The van der Waals surface area contributed by atoms with Gasteiger partial charge in [-0.2, -0.15) is 0 Å². The van der Waals surface area contributed by atoms with E-state index in [2.05, 4.69) is 20.3 Å². The number of nitrogens with zero attached hydrogens (tertiary/aromatic N) is 2. The maximum atomic E-state index is 12.6. The molecule has 3 N–H and O–H groups in total. The molecule has 0 atom stereocenters. The second-order valence-corrected chi connectivity index (χ2v) is 5.32. The molecular weight excluding hydrogens is 272 g/mol. The molecule has 1 amide bonds. The molecule has 1 aliphatic rings. The van der Waals surface area contributed by atoms with Crippen molar-refractivity contribution in [2.24, 2.45) is 5.92 Å². The molecule has 0 bridgehead atoms. The third-order valence-electron chi connectivity index (χ3n) is 4.01. The van der Waals surface area contributed by atoms with Gasteiger partial charge in [0.15, 0.2) is 5.78 Å². The second-order valence-electron chi connectivity index (χ2n) is 5.32. The van der Waals surface area contributed by atoms with E-state index in [-0.39, 0.29) is 17.7 Å². The van der Waals surface area contributed by atoms with E-state index in [1.54, 1.807) is 12.3 Å². The molecule has 3 rings (SSSR count). The topological polar surface area (TPSA) is 108 Å². The minimum absolute atomic E-state index is 0.0239. The van der Waals surface area contributed by atoms with Crippen molar-refractivity contribution in [3.8, 4) is 0 Å². The minimum atomic E-state index is -1.00. The Kier molecular flexibility index (Phi) is 3.55. The molecule has 110 valence electrons. The first-order valence-electron chi connectivity index (χ1n) is 6.97. The Morgan fingerprint density at radius 3 is 2.71 bits per heavy atom. The summed E-state index contributed by atoms with van der Waals surface area (Å²) in [5.41, 5.74) is 1.12. The number of carbonyl (C=O) groups is 2. The number of H-pyrrole nitrogens is 1. The van der Waals surface area contributed by atoms with Crippen LogP contribution in [0.4, 0.5) is 4.79 Å². The molecular formula is C14H16N4O3. The lowest BCUT2D eigenvalue weighted by molar-refractivity contribution is 0.0876. The van der Waals surface area contributed by atoms with Crippen molar-refractivity contribution in [1.29, 1.82) is 0 Å². The van der Waals surface area contributed by atoms with Crippen LogP contribution >= 0.6 is 0 Å². The van der Waals surface area contributed by atoms with E-state index in [0.29, 0.717) is 37.0 Å². The average Bonchev–Trinajstić information content (AvgIpc) is 2.95. The first kappa shape index (κ1) is 13.5. The molecule has 0 aliphatic heterocycles. The summed E-state index contributed by atoms with van der Waals surface area (Å²) in [6.45, 7) is 0. The van der Waals surface area contributed by atoms with Gasteiger partial charge in [-0.1, -0.05) is 0 Å². The lowest BCUT2D eigenvalue weighted by Gasteiger charge is -2.27. The third kappa shape index (κ3) is 2.72. The largest absolute Gasteiger partial charge is 0.465 e. The van der Waals surface area contributed by atoms with Crippen molar-refractivity contribution in [2.75, 3.05) is 0 Å². The fraction of sp³-hybridized carbons (Fsp3) is 0.429. The molecule has 0 saturated heterocycles. The van der Waals surface area contributed by atoms with Crippen LogP contribution in [0.3, 0.4) is 0 Å². The molecule has 7 heteroatoms. The summed E-state index contributed by atoms with van der Waals surface area (Å²) in [5, 5.41) is 11.9. The highest BCUT2D eigenvalue weighted by Crippen LogP contribution is 2.28. The summed E-state index contributed by atoms with van der Waals surface area (Å²) < 4.78 is 0. The van der Waals surface area contributed by atoms with Gasteiger partial charge in [0.25, 0.3) is 0 Å². The standard InChI is InChI=1S/C14H16N4O3/c19-12(8-1-3-9(4-2-8)18-14(20)21)11-10-5-6-15-13(10)17-7-16-11/h5-9,18H,1-4H2,(H,20,21)(H,15,16,17)/t8-,9-. The number of aromatic amines is 1. The van der Waals surface area contributed by atoms with Gasteiger partial charge in [0.05, 0.1) is 0 Å². The van der Waals surface area contributed by atoms with Crippen LogP contribution in [0.1, 0.15) is 36.2 Å². The number of carbonyl (C=O) groups excluding carboxylic acids is 1. The van der Waals surface area contributed by atoms with Crippen LogP contribution < -0.4 is 5.32 Å². The van der Waals surface area contributed by atoms with Gasteiger partial charge in [-0.15, -0.1) is 0 Å². The van der Waals surface area contributed by atoms with E-state index in [0.717, 1.165) is 5.39 Å². The smallest absolute Gasteiger partial charge is 0.404 e. The molecule has 0 spiro atoms. The first-order valence-corrected chi connectivity index (χ1v) is 6.97. The van der Waals surface area contributed by atoms with Gasteiger partial charge in [0, 0.05) is 23.5 Å². The summed E-state index contributed by atoms with van der Waals surface area (Å²) in [7, 11) is 0. The predicted octanol–water partition coefficient (Wildman–Crippen LogP) is 1.97. The lowest BCUT2D eigenvalue weighted by Crippen LogP contribution is -2.38. The van der Waals surface area contributed by atoms with Crippen LogP contribution in [0, 0.1) is 5.92 Å². The van der Waals surface area contributed by atoms with Gasteiger partial charge in [0.2, 0.25) is 0 Å². The van der Waals surface area contributed by atoms with E-state index >= 15 is 0 Å². The second kappa shape index (κ2) is 5.51. The van der Waals surface area contributed by atoms with E-state index in [4.69, 9.17) is 5.11 Å². The molecule has 2 aromatic rings. The lowest BCUT2D eigenvalue weighted by atomic mass is 9.82. The maximum absolute atomic E-state index is 12.6. The number of amides is 1. The number of ketones is 1. The molecule has 0 aromatic carbocycles. The number of rotatable bonds is 3. The number of aromatic nitrogens is 3. The highest BCUT2D eigenvalue weighted by molar-refractivity contribution is 6.06. The normalized spacial score (nSPS) is 22.1. The van der Waals surface area contributed by atoms with E-state index in [9.17, 15) is 9.59 Å². The number of fused-ring (bicyclic) bond motifs is 1. The molecule has 1 fully saturated rings. The zero-order valence-corrected chi connectivity index (χ0v) is 11.4. The van der Waals surface area contributed by atoms with Gasteiger partial charge in [-0.25, -0.2) is 14.8 Å². The highest BCUT2D eigenvalue weighted by Gasteiger charge is 2.29. The van der Waals surface area contributed by atoms with Crippen LogP contribution in [-0.2, 0) is 0 Å². The maximum Gasteiger partial charge on any atom is 0.404 e. The molecule has 1 aliphatic carbocycles. The van der Waals surface area contributed by atoms with Crippen LogP contribution in [0.5, 0.6) is 0 Å². The molecule has 0 unspecified atom stereocenters. The van der Waals surface area contributed by atoms with Crippen molar-refractivity contribution < 1.29 is 14.7 Å². The fourth-order valence-corrected chi connectivity index (χ4v) is 2.94. The van der Waals surface area contributed by atoms with Crippen LogP contribution in [0.25, 0.3) is 11.0 Å². The Bertz CT molecular complexity index is 674. The van der Waals surface area contributed by atoms with Gasteiger partial charge in [0.1, 0.15) is 17.7 Å². The molecule has 7 nitrogen and oxygen atoms in total. The number of carboxylic acid groups (broad SMARTS) is 1. The highest BCUT2D eigenvalue weighted by atomic mass is 16.4. The first-order chi connectivity index (χ1) is 10.1. The SMILES string of the molecule is O=C(O)N[C@H]1CC[C@H](C(=O)c2ncnc3[nH]ccc23)CC1. The average molecular weight is 288 g/mol. The van der Waals surface area contributed by atoms with E-state index in [1.165, 1.54) is 6.33 Å². The Morgan fingerprint density at radius 1 is 1.24 bits per heavy atom. The monoisotopic (exact) mass is 288 g/mol. The Labute approximate surface area is 120 Å². The predicted molar refractivity (Wildman–Crippen MR) is 75.1 cm³/mol. The number of nitrogens with one attached hydrogen (secondary N) is 2. The third-order valence-corrected chi connectivity index (χ3v) is 4.01. The quantitative estimate of drug-likeness (QED) is 0.748. The van der Waals surface area contributed by atoms with Crippen molar-refractivity contribution >= 4 is 22.9 Å². The summed E-state index contributed by atoms with van der Waals surface area (Å²) >= 11 is 0. The number of hydrogen-bond donors (Lipinski definition) is 3. The molecule has 2 heterocycles. The summed E-state index contributed by atoms with van der Waals surface area (Å²) in [6.07, 6.45) is 4.86. The molecule has 21 heavy (non-hydrogen) atoms. The molecule has 1 saturated carbocycles. The zero-order valence-electron chi connectivity index (χ0n) is 11.4. The minimum Gasteiger partial charge on any atom is -0.465 e. The van der Waals surface area contributed by atoms with Crippen molar-refractivity contribution in [2.45, 2.75) is 31.7 Å². The van der Waals surface area contributed by atoms with Gasteiger partial charge in [-0.05, 0) is 31.7 Å². The summed E-state index contributed by atoms with van der Waals surface area (Å²) in [4.78, 5) is 34.4.